The lowest BCUT2D eigenvalue weighted by Gasteiger charge is -2.26. The van der Waals surface area contributed by atoms with E-state index in [1.165, 1.54) is 12.1 Å². The van der Waals surface area contributed by atoms with Gasteiger partial charge in [0, 0.05) is 60.5 Å². The Hall–Kier alpha value is -4.81. The van der Waals surface area contributed by atoms with Crippen molar-refractivity contribution in [1.82, 2.24) is 14.5 Å². The molecule has 1 saturated carbocycles. The highest BCUT2D eigenvalue weighted by atomic mass is 19.1. The SMILES string of the molecule is Cc1ccc([C@H](C)n2cc(-c3cccc(C#N)c3O)c3c(N4CC5C(N)[C@@H]5C4)c(-c4cc(F)cc(F)c4)cnc32)nc1. The molecule has 3 aromatic heterocycles. The molecule has 5 aromatic rings. The van der Waals surface area contributed by atoms with E-state index in [4.69, 9.17) is 10.7 Å². The van der Waals surface area contributed by atoms with Gasteiger partial charge >= 0.3 is 0 Å². The summed E-state index contributed by atoms with van der Waals surface area (Å²) >= 11 is 0. The molecule has 1 saturated heterocycles. The standard InChI is InChI=1S/C33H28F2N6O/c1-17-6-7-28(38-12-17)18(2)41-16-25(23-5-3-4-19(11-36)32(23)42)29-31(40-14-26-27(15-40)30(26)37)24(13-39-33(29)41)20-8-21(34)10-22(35)9-20/h3-10,12-13,16,18,26-27,30,42H,14-15,37H2,1-2H3/t18-,26+,27?,30?/m0/s1. The number of aromatic hydroxyl groups is 1. The van der Waals surface area contributed by atoms with E-state index >= 15 is 0 Å². The zero-order valence-electron chi connectivity index (χ0n) is 23.1. The minimum Gasteiger partial charge on any atom is -0.506 e. The molecule has 42 heavy (non-hydrogen) atoms. The fourth-order valence-electron chi connectivity index (χ4n) is 6.42. The first-order chi connectivity index (χ1) is 20.2. The number of benzene rings is 2. The van der Waals surface area contributed by atoms with Crippen LogP contribution in [0.25, 0.3) is 33.3 Å². The Morgan fingerprint density at radius 2 is 1.74 bits per heavy atom. The van der Waals surface area contributed by atoms with Crippen molar-refractivity contribution in [3.63, 3.8) is 0 Å². The molecule has 210 valence electrons. The molecule has 4 heterocycles. The topological polar surface area (TPSA) is 104 Å². The summed E-state index contributed by atoms with van der Waals surface area (Å²) in [5.41, 5.74) is 11.8. The van der Waals surface area contributed by atoms with Crippen molar-refractivity contribution < 1.29 is 13.9 Å². The highest BCUT2D eigenvalue weighted by molar-refractivity contribution is 6.09. The Kier molecular flexibility index (Phi) is 5.99. The van der Waals surface area contributed by atoms with Gasteiger partial charge in [0.25, 0.3) is 0 Å². The van der Waals surface area contributed by atoms with E-state index in [9.17, 15) is 19.1 Å². The van der Waals surface area contributed by atoms with Gasteiger partial charge in [-0.15, -0.1) is 0 Å². The zero-order valence-corrected chi connectivity index (χ0v) is 23.1. The van der Waals surface area contributed by atoms with Gasteiger partial charge in [0.2, 0.25) is 0 Å². The number of hydrogen-bond donors (Lipinski definition) is 2. The van der Waals surface area contributed by atoms with Crippen LogP contribution in [-0.2, 0) is 0 Å². The molecule has 2 fully saturated rings. The lowest BCUT2D eigenvalue weighted by Crippen LogP contribution is -2.28. The number of aryl methyl sites for hydroxylation is 1. The number of nitrogens with zero attached hydrogens (tertiary/aromatic N) is 5. The third-order valence-electron chi connectivity index (χ3n) is 8.79. The molecule has 0 bridgehead atoms. The van der Waals surface area contributed by atoms with E-state index in [1.54, 1.807) is 24.4 Å². The monoisotopic (exact) mass is 562 g/mol. The second-order valence-corrected chi connectivity index (χ2v) is 11.4. The first kappa shape index (κ1) is 26.1. The normalized spacial score (nSPS) is 20.0. The average Bonchev–Trinajstić information content (AvgIpc) is 3.31. The number of phenolic OH excluding ortho intramolecular Hbond substituents is 1. The van der Waals surface area contributed by atoms with Gasteiger partial charge in [-0.25, -0.2) is 13.8 Å². The number of anilines is 1. The number of hydrogen-bond acceptors (Lipinski definition) is 6. The van der Waals surface area contributed by atoms with Crippen molar-refractivity contribution in [3.8, 4) is 34.1 Å². The Bertz CT molecular complexity index is 1880. The number of fused-ring (bicyclic) bond motifs is 2. The summed E-state index contributed by atoms with van der Waals surface area (Å²) in [6.07, 6.45) is 5.40. The molecule has 3 N–H and O–H groups in total. The highest BCUT2D eigenvalue weighted by Gasteiger charge is 2.54. The zero-order chi connectivity index (χ0) is 29.3. The van der Waals surface area contributed by atoms with Gasteiger partial charge in [-0.2, -0.15) is 5.26 Å². The highest BCUT2D eigenvalue weighted by Crippen LogP contribution is 2.51. The van der Waals surface area contributed by atoms with E-state index in [0.29, 0.717) is 52.8 Å². The number of phenols is 1. The second-order valence-electron chi connectivity index (χ2n) is 11.4. The van der Waals surface area contributed by atoms with Crippen molar-refractivity contribution in [1.29, 1.82) is 5.26 Å². The van der Waals surface area contributed by atoms with Crippen molar-refractivity contribution in [2.45, 2.75) is 25.9 Å². The summed E-state index contributed by atoms with van der Waals surface area (Å²) in [5.74, 6) is -0.833. The number of aromatic nitrogens is 3. The molecule has 9 heteroatoms. The van der Waals surface area contributed by atoms with Gasteiger partial charge in [0.15, 0.2) is 0 Å². The van der Waals surface area contributed by atoms with E-state index in [-0.39, 0.29) is 23.4 Å². The van der Waals surface area contributed by atoms with Crippen LogP contribution in [0.2, 0.25) is 0 Å². The number of nitriles is 1. The third kappa shape index (κ3) is 4.10. The smallest absolute Gasteiger partial charge is 0.143 e. The second kappa shape index (κ2) is 9.64. The first-order valence-corrected chi connectivity index (χ1v) is 13.9. The van der Waals surface area contributed by atoms with Crippen molar-refractivity contribution in [2.24, 2.45) is 17.6 Å². The van der Waals surface area contributed by atoms with Crippen LogP contribution in [0, 0.1) is 41.7 Å². The number of rotatable bonds is 5. The average molecular weight is 563 g/mol. The number of para-hydroxylation sites is 1. The minimum atomic E-state index is -0.682. The number of halogens is 2. The van der Waals surface area contributed by atoms with Gasteiger partial charge in [-0.05, 0) is 61.1 Å². The number of pyridine rings is 2. The molecule has 2 aromatic carbocycles. The lowest BCUT2D eigenvalue weighted by atomic mass is 9.97. The quantitative estimate of drug-likeness (QED) is 0.275. The van der Waals surface area contributed by atoms with Crippen LogP contribution < -0.4 is 10.6 Å². The Morgan fingerprint density at radius 3 is 2.40 bits per heavy atom. The molecule has 2 aliphatic rings. The van der Waals surface area contributed by atoms with E-state index in [1.807, 2.05) is 42.9 Å². The molecule has 0 spiro atoms. The van der Waals surface area contributed by atoms with Crippen molar-refractivity contribution in [3.05, 3.63) is 95.6 Å². The van der Waals surface area contributed by atoms with Gasteiger partial charge in [-0.3, -0.25) is 4.98 Å². The minimum absolute atomic E-state index is 0.139. The fourth-order valence-corrected chi connectivity index (χ4v) is 6.42. The molecule has 7 nitrogen and oxygen atoms in total. The largest absolute Gasteiger partial charge is 0.506 e. The van der Waals surface area contributed by atoms with Crippen LogP contribution in [-0.4, -0.2) is 38.8 Å². The molecule has 7 rings (SSSR count). The molecule has 1 aliphatic carbocycles. The Morgan fingerprint density at radius 1 is 1.00 bits per heavy atom. The molecule has 0 amide bonds. The third-order valence-corrected chi connectivity index (χ3v) is 8.79. The molecular weight excluding hydrogens is 534 g/mol. The summed E-state index contributed by atoms with van der Waals surface area (Å²) in [4.78, 5) is 11.7. The van der Waals surface area contributed by atoms with Gasteiger partial charge < -0.3 is 20.3 Å². The van der Waals surface area contributed by atoms with Gasteiger partial charge in [0.1, 0.15) is 29.1 Å². The van der Waals surface area contributed by atoms with Crippen LogP contribution in [0.15, 0.2) is 67.1 Å². The summed E-state index contributed by atoms with van der Waals surface area (Å²) in [6.45, 7) is 5.39. The van der Waals surface area contributed by atoms with E-state index < -0.39 is 11.6 Å². The van der Waals surface area contributed by atoms with Crippen LogP contribution >= 0.6 is 0 Å². The molecule has 0 radical (unpaired) electrons. The van der Waals surface area contributed by atoms with E-state index in [0.717, 1.165) is 28.4 Å². The summed E-state index contributed by atoms with van der Waals surface area (Å²) in [7, 11) is 0. The van der Waals surface area contributed by atoms with Crippen LogP contribution in [0.5, 0.6) is 5.75 Å². The maximum absolute atomic E-state index is 14.5. The molecule has 2 unspecified atom stereocenters. The van der Waals surface area contributed by atoms with Crippen LogP contribution in [0.4, 0.5) is 14.5 Å². The summed E-state index contributed by atoms with van der Waals surface area (Å²) < 4.78 is 31.0. The van der Waals surface area contributed by atoms with Crippen LogP contribution in [0.1, 0.15) is 29.8 Å². The van der Waals surface area contributed by atoms with Crippen molar-refractivity contribution >= 4 is 16.7 Å². The van der Waals surface area contributed by atoms with Crippen molar-refractivity contribution in [2.75, 3.05) is 18.0 Å². The molecule has 4 atom stereocenters. The molecular formula is C33H28F2N6O. The van der Waals surface area contributed by atoms with E-state index in [2.05, 4.69) is 16.0 Å². The predicted molar refractivity (Wildman–Crippen MR) is 157 cm³/mol. The Labute approximate surface area is 241 Å². The molecule has 1 aliphatic heterocycles. The van der Waals surface area contributed by atoms with Gasteiger partial charge in [-0.1, -0.05) is 18.2 Å². The lowest BCUT2D eigenvalue weighted by molar-refractivity contribution is 0.475. The van der Waals surface area contributed by atoms with Crippen LogP contribution in [0.3, 0.4) is 0 Å². The Balaban J connectivity index is 1.54. The maximum Gasteiger partial charge on any atom is 0.143 e. The fraction of sp³-hybridized carbons (Fsp3) is 0.242. The predicted octanol–water partition coefficient (Wildman–Crippen LogP) is 5.93. The van der Waals surface area contributed by atoms with Gasteiger partial charge in [0.05, 0.1) is 28.4 Å². The first-order valence-electron chi connectivity index (χ1n) is 13.9. The number of nitrogens with two attached hydrogens (primary N) is 1. The summed E-state index contributed by atoms with van der Waals surface area (Å²) in [5, 5.41) is 21.6. The number of piperidine rings is 1. The summed E-state index contributed by atoms with van der Waals surface area (Å²) in [6, 6.07) is 14.5. The maximum atomic E-state index is 14.5.